The first-order valence-corrected chi connectivity index (χ1v) is 11.7. The number of anilines is 2. The minimum absolute atomic E-state index is 0.158. The van der Waals surface area contributed by atoms with Crippen LogP contribution in [0.1, 0.15) is 34.0 Å². The SMILES string of the molecule is CCOC(=O)c1ccc2c(c1)NC(=O)C2=C(Nc1ccc(CN(C)C)cc1)c1ccc2c(c1)OCO2. The molecule has 0 saturated carbocycles. The number of benzene rings is 3. The van der Waals surface area contributed by atoms with Gasteiger partial charge in [0.2, 0.25) is 6.79 Å². The van der Waals surface area contributed by atoms with Gasteiger partial charge in [-0.1, -0.05) is 18.2 Å². The lowest BCUT2D eigenvalue weighted by atomic mass is 9.98. The van der Waals surface area contributed by atoms with Gasteiger partial charge in [-0.05, 0) is 69.0 Å². The number of amides is 1. The number of rotatable bonds is 7. The predicted molar refractivity (Wildman–Crippen MR) is 138 cm³/mol. The normalized spacial score (nSPS) is 14.9. The standard InChI is InChI=1S/C28H27N3O5/c1-4-34-28(33)19-7-11-21-22(13-19)30-27(32)25(21)26(18-8-12-23-24(14-18)36-16-35-23)29-20-9-5-17(6-10-20)15-31(2)3/h5-14,29H,4,15-16H2,1-3H3,(H,30,32). The number of carbonyl (C=O) groups is 2. The third-order valence-electron chi connectivity index (χ3n) is 5.91. The van der Waals surface area contributed by atoms with Crippen LogP contribution in [-0.2, 0) is 16.1 Å². The van der Waals surface area contributed by atoms with Crippen LogP contribution in [0.3, 0.4) is 0 Å². The summed E-state index contributed by atoms with van der Waals surface area (Å²) in [6.45, 7) is 3.02. The van der Waals surface area contributed by atoms with Gasteiger partial charge in [-0.3, -0.25) is 4.79 Å². The average molecular weight is 486 g/mol. The number of hydrogen-bond acceptors (Lipinski definition) is 7. The van der Waals surface area contributed by atoms with Crippen LogP contribution in [0.5, 0.6) is 11.5 Å². The summed E-state index contributed by atoms with van der Waals surface area (Å²) in [5, 5.41) is 6.35. The van der Waals surface area contributed by atoms with Gasteiger partial charge in [-0.15, -0.1) is 0 Å². The lowest BCUT2D eigenvalue weighted by molar-refractivity contribution is -0.110. The number of hydrogen-bond donors (Lipinski definition) is 2. The van der Waals surface area contributed by atoms with Crippen molar-refractivity contribution in [2.24, 2.45) is 0 Å². The zero-order chi connectivity index (χ0) is 25.2. The molecule has 0 aromatic heterocycles. The lowest BCUT2D eigenvalue weighted by Crippen LogP contribution is -2.11. The molecular formula is C28H27N3O5. The molecule has 2 heterocycles. The van der Waals surface area contributed by atoms with Crippen LogP contribution < -0.4 is 20.1 Å². The van der Waals surface area contributed by atoms with E-state index in [1.165, 1.54) is 5.56 Å². The Balaban J connectivity index is 1.59. The van der Waals surface area contributed by atoms with E-state index in [2.05, 4.69) is 27.7 Å². The van der Waals surface area contributed by atoms with Gasteiger partial charge in [-0.25, -0.2) is 4.79 Å². The van der Waals surface area contributed by atoms with E-state index in [1.54, 1.807) is 25.1 Å². The molecule has 2 N–H and O–H groups in total. The first-order chi connectivity index (χ1) is 17.4. The van der Waals surface area contributed by atoms with E-state index in [-0.39, 0.29) is 19.3 Å². The molecule has 2 aliphatic heterocycles. The van der Waals surface area contributed by atoms with Crippen molar-refractivity contribution < 1.29 is 23.8 Å². The van der Waals surface area contributed by atoms with Crippen LogP contribution in [0, 0.1) is 0 Å². The summed E-state index contributed by atoms with van der Waals surface area (Å²) in [5.41, 5.74) is 5.50. The molecule has 0 spiro atoms. The average Bonchev–Trinajstić information content (AvgIpc) is 3.46. The third kappa shape index (κ3) is 4.63. The van der Waals surface area contributed by atoms with Crippen molar-refractivity contribution in [1.29, 1.82) is 0 Å². The fourth-order valence-electron chi connectivity index (χ4n) is 4.30. The van der Waals surface area contributed by atoms with Gasteiger partial charge < -0.3 is 29.7 Å². The molecule has 3 aromatic carbocycles. The number of nitrogens with one attached hydrogen (secondary N) is 2. The van der Waals surface area contributed by atoms with Gasteiger partial charge in [0.05, 0.1) is 29.1 Å². The molecule has 2 aliphatic rings. The van der Waals surface area contributed by atoms with E-state index in [1.807, 2.05) is 44.4 Å². The summed E-state index contributed by atoms with van der Waals surface area (Å²) in [6, 6.07) is 18.8. The van der Waals surface area contributed by atoms with Gasteiger partial charge >= 0.3 is 5.97 Å². The molecule has 5 rings (SSSR count). The molecule has 0 unspecified atom stereocenters. The van der Waals surface area contributed by atoms with Crippen molar-refractivity contribution >= 4 is 34.5 Å². The second-order valence-corrected chi connectivity index (χ2v) is 8.81. The zero-order valence-electron chi connectivity index (χ0n) is 20.4. The summed E-state index contributed by atoms with van der Waals surface area (Å²) in [7, 11) is 4.05. The lowest BCUT2D eigenvalue weighted by Gasteiger charge is -2.16. The largest absolute Gasteiger partial charge is 0.462 e. The van der Waals surface area contributed by atoms with Crippen LogP contribution >= 0.6 is 0 Å². The summed E-state index contributed by atoms with van der Waals surface area (Å²) in [4.78, 5) is 27.6. The Bertz CT molecular complexity index is 1360. The van der Waals surface area contributed by atoms with Crippen molar-refractivity contribution in [1.82, 2.24) is 4.90 Å². The van der Waals surface area contributed by atoms with E-state index in [0.717, 1.165) is 17.8 Å². The van der Waals surface area contributed by atoms with E-state index in [4.69, 9.17) is 14.2 Å². The number of ether oxygens (including phenoxy) is 3. The number of fused-ring (bicyclic) bond motifs is 2. The monoisotopic (exact) mass is 485 g/mol. The number of esters is 1. The molecule has 0 aliphatic carbocycles. The summed E-state index contributed by atoms with van der Waals surface area (Å²) in [5.74, 6) is 0.575. The smallest absolute Gasteiger partial charge is 0.338 e. The Morgan fingerprint density at radius 1 is 1.00 bits per heavy atom. The highest BCUT2D eigenvalue weighted by atomic mass is 16.7. The van der Waals surface area contributed by atoms with Gasteiger partial charge in [0.1, 0.15) is 0 Å². The van der Waals surface area contributed by atoms with Crippen molar-refractivity contribution in [3.8, 4) is 11.5 Å². The molecule has 0 radical (unpaired) electrons. The molecule has 0 bridgehead atoms. The maximum atomic E-state index is 13.3. The first kappa shape index (κ1) is 23.4. The van der Waals surface area contributed by atoms with Crippen LogP contribution in [0.4, 0.5) is 11.4 Å². The first-order valence-electron chi connectivity index (χ1n) is 11.7. The molecule has 3 aromatic rings. The van der Waals surface area contributed by atoms with E-state index < -0.39 is 5.97 Å². The van der Waals surface area contributed by atoms with Gasteiger partial charge in [0.25, 0.3) is 5.91 Å². The molecular weight excluding hydrogens is 458 g/mol. The Morgan fingerprint density at radius 3 is 2.50 bits per heavy atom. The fourth-order valence-corrected chi connectivity index (χ4v) is 4.30. The molecule has 0 saturated heterocycles. The minimum Gasteiger partial charge on any atom is -0.462 e. The predicted octanol–water partition coefficient (Wildman–Crippen LogP) is 4.59. The van der Waals surface area contributed by atoms with Crippen LogP contribution in [0.2, 0.25) is 0 Å². The van der Waals surface area contributed by atoms with Crippen LogP contribution in [0.25, 0.3) is 11.3 Å². The summed E-state index contributed by atoms with van der Waals surface area (Å²) >= 11 is 0. The van der Waals surface area contributed by atoms with Crippen molar-refractivity contribution in [2.75, 3.05) is 38.1 Å². The minimum atomic E-state index is -0.432. The summed E-state index contributed by atoms with van der Waals surface area (Å²) < 4.78 is 16.2. The Morgan fingerprint density at radius 2 is 1.75 bits per heavy atom. The number of carbonyl (C=O) groups excluding carboxylic acids is 2. The molecule has 1 amide bonds. The highest BCUT2D eigenvalue weighted by molar-refractivity contribution is 6.37. The maximum Gasteiger partial charge on any atom is 0.338 e. The quantitative estimate of drug-likeness (QED) is 0.374. The molecule has 0 fully saturated rings. The zero-order valence-corrected chi connectivity index (χ0v) is 20.4. The van der Waals surface area contributed by atoms with Crippen LogP contribution in [0.15, 0.2) is 60.7 Å². The fraction of sp³-hybridized carbons (Fsp3) is 0.214. The second kappa shape index (κ2) is 9.75. The van der Waals surface area contributed by atoms with E-state index in [0.29, 0.717) is 39.6 Å². The third-order valence-corrected chi connectivity index (χ3v) is 5.91. The van der Waals surface area contributed by atoms with Gasteiger partial charge in [0.15, 0.2) is 11.5 Å². The number of nitrogens with zero attached hydrogens (tertiary/aromatic N) is 1. The molecule has 36 heavy (non-hydrogen) atoms. The Labute approximate surface area is 209 Å². The highest BCUT2D eigenvalue weighted by Crippen LogP contribution is 2.41. The maximum absolute atomic E-state index is 13.3. The van der Waals surface area contributed by atoms with Crippen molar-refractivity contribution in [3.63, 3.8) is 0 Å². The molecule has 184 valence electrons. The highest BCUT2D eigenvalue weighted by Gasteiger charge is 2.30. The molecule has 0 atom stereocenters. The molecule has 8 nitrogen and oxygen atoms in total. The van der Waals surface area contributed by atoms with Crippen molar-refractivity contribution in [2.45, 2.75) is 13.5 Å². The Hall–Kier alpha value is -4.30. The van der Waals surface area contributed by atoms with Gasteiger partial charge in [-0.2, -0.15) is 0 Å². The van der Waals surface area contributed by atoms with E-state index in [9.17, 15) is 9.59 Å². The second-order valence-electron chi connectivity index (χ2n) is 8.81. The van der Waals surface area contributed by atoms with Crippen molar-refractivity contribution in [3.05, 3.63) is 82.9 Å². The van der Waals surface area contributed by atoms with E-state index >= 15 is 0 Å². The Kier molecular flexibility index (Phi) is 6.35. The van der Waals surface area contributed by atoms with Crippen LogP contribution in [-0.4, -0.2) is 44.3 Å². The molecule has 8 heteroatoms. The summed E-state index contributed by atoms with van der Waals surface area (Å²) in [6.07, 6.45) is 0. The topological polar surface area (TPSA) is 89.1 Å². The van der Waals surface area contributed by atoms with Gasteiger partial charge in [0, 0.05) is 23.4 Å².